The van der Waals surface area contributed by atoms with Crippen LogP contribution in [0.5, 0.6) is 0 Å². The molecule has 2 aliphatic rings. The number of aromatic nitrogens is 2. The fourth-order valence-electron chi connectivity index (χ4n) is 3.55. The summed E-state index contributed by atoms with van der Waals surface area (Å²) in [7, 11) is 0. The average molecular weight is 304 g/mol. The van der Waals surface area contributed by atoms with Crippen molar-refractivity contribution in [2.24, 2.45) is 11.8 Å². The van der Waals surface area contributed by atoms with Gasteiger partial charge < -0.3 is 15.7 Å². The summed E-state index contributed by atoms with van der Waals surface area (Å²) < 4.78 is 0. The molecule has 3 rings (SSSR count). The molecule has 3 N–H and O–H groups in total. The molecule has 0 saturated heterocycles. The van der Waals surface area contributed by atoms with Crippen LogP contribution in [-0.4, -0.2) is 45.6 Å². The van der Waals surface area contributed by atoms with Gasteiger partial charge in [-0.15, -0.1) is 0 Å². The topological polar surface area (TPSA) is 104 Å². The van der Waals surface area contributed by atoms with Crippen molar-refractivity contribution < 1.29 is 14.7 Å². The lowest BCUT2D eigenvalue weighted by atomic mass is 9.95. The smallest absolute Gasteiger partial charge is 0.272 e. The molecule has 0 aromatic carbocycles. The van der Waals surface area contributed by atoms with Crippen LogP contribution in [0.15, 0.2) is 18.6 Å². The number of nitrogens with one attached hydrogen (secondary N) is 2. The van der Waals surface area contributed by atoms with Crippen molar-refractivity contribution in [1.29, 1.82) is 0 Å². The van der Waals surface area contributed by atoms with Crippen LogP contribution < -0.4 is 10.6 Å². The van der Waals surface area contributed by atoms with E-state index in [1.165, 1.54) is 31.4 Å². The van der Waals surface area contributed by atoms with E-state index in [0.717, 1.165) is 18.8 Å². The molecule has 1 aromatic rings. The van der Waals surface area contributed by atoms with Crippen LogP contribution in [0.2, 0.25) is 0 Å². The first-order valence-corrected chi connectivity index (χ1v) is 7.65. The predicted octanol–water partition coefficient (Wildman–Crippen LogP) is -0.128. The highest BCUT2D eigenvalue weighted by atomic mass is 16.3. The lowest BCUT2D eigenvalue weighted by molar-refractivity contribution is -0.124. The number of aliphatic hydroxyl groups excluding tert-OH is 1. The van der Waals surface area contributed by atoms with Gasteiger partial charge in [0.15, 0.2) is 0 Å². The van der Waals surface area contributed by atoms with Crippen LogP contribution in [0.3, 0.4) is 0 Å². The Morgan fingerprint density at radius 1 is 1.32 bits per heavy atom. The van der Waals surface area contributed by atoms with Crippen molar-refractivity contribution >= 4 is 11.8 Å². The summed E-state index contributed by atoms with van der Waals surface area (Å²) in [5, 5.41) is 14.9. The zero-order valence-corrected chi connectivity index (χ0v) is 12.2. The Morgan fingerprint density at radius 3 is 2.77 bits per heavy atom. The second-order valence-electron chi connectivity index (χ2n) is 6.09. The minimum absolute atomic E-state index is 0.119. The first kappa shape index (κ1) is 14.9. The molecule has 2 saturated carbocycles. The molecule has 22 heavy (non-hydrogen) atoms. The first-order chi connectivity index (χ1) is 10.7. The van der Waals surface area contributed by atoms with E-state index in [1.54, 1.807) is 0 Å². The molecular formula is C15H20N4O3. The van der Waals surface area contributed by atoms with Crippen molar-refractivity contribution in [3.05, 3.63) is 24.3 Å². The summed E-state index contributed by atoms with van der Waals surface area (Å²) in [4.78, 5) is 31.9. The van der Waals surface area contributed by atoms with Gasteiger partial charge in [0, 0.05) is 18.4 Å². The molecule has 2 bridgehead atoms. The van der Waals surface area contributed by atoms with Crippen molar-refractivity contribution in [1.82, 2.24) is 20.6 Å². The summed E-state index contributed by atoms with van der Waals surface area (Å²) in [5.74, 6) is 0.411. The third kappa shape index (κ3) is 3.09. The van der Waals surface area contributed by atoms with Gasteiger partial charge in [-0.1, -0.05) is 6.42 Å². The van der Waals surface area contributed by atoms with Gasteiger partial charge in [-0.2, -0.15) is 0 Å². The van der Waals surface area contributed by atoms with Gasteiger partial charge in [-0.25, -0.2) is 4.98 Å². The second kappa shape index (κ2) is 6.39. The Bertz CT molecular complexity index is 551. The highest BCUT2D eigenvalue weighted by molar-refractivity contribution is 5.95. The predicted molar refractivity (Wildman–Crippen MR) is 77.8 cm³/mol. The van der Waals surface area contributed by atoms with Crippen molar-refractivity contribution in [3.63, 3.8) is 0 Å². The fraction of sp³-hybridized carbons (Fsp3) is 0.600. The number of hydrogen-bond donors (Lipinski definition) is 3. The molecule has 2 fully saturated rings. The Labute approximate surface area is 128 Å². The lowest BCUT2D eigenvalue weighted by Crippen LogP contribution is -2.52. The van der Waals surface area contributed by atoms with Gasteiger partial charge in [-0.3, -0.25) is 14.6 Å². The number of aliphatic hydroxyl groups is 1. The Kier molecular flexibility index (Phi) is 4.33. The highest BCUT2D eigenvalue weighted by Crippen LogP contribution is 2.44. The molecule has 2 amide bonds. The van der Waals surface area contributed by atoms with Gasteiger partial charge in [0.25, 0.3) is 5.91 Å². The van der Waals surface area contributed by atoms with E-state index >= 15 is 0 Å². The number of fused-ring (bicyclic) bond motifs is 2. The Hall–Kier alpha value is -2.02. The van der Waals surface area contributed by atoms with Crippen LogP contribution in [0.4, 0.5) is 0 Å². The van der Waals surface area contributed by atoms with Crippen molar-refractivity contribution in [2.75, 3.05) is 6.61 Å². The number of hydrogen-bond acceptors (Lipinski definition) is 5. The van der Waals surface area contributed by atoms with Crippen LogP contribution in [0, 0.1) is 11.8 Å². The number of carbonyl (C=O) groups is 2. The second-order valence-corrected chi connectivity index (χ2v) is 6.09. The summed E-state index contributed by atoms with van der Waals surface area (Å²) in [6, 6.07) is -0.789. The number of carbonyl (C=O) groups excluding carboxylic acids is 2. The Balaban J connectivity index is 1.56. The summed E-state index contributed by atoms with van der Waals surface area (Å²) >= 11 is 0. The van der Waals surface area contributed by atoms with Crippen molar-refractivity contribution in [2.45, 2.75) is 37.8 Å². The molecular weight excluding hydrogens is 284 g/mol. The van der Waals surface area contributed by atoms with E-state index < -0.39 is 18.6 Å². The molecule has 0 spiro atoms. The number of nitrogens with zero attached hydrogens (tertiary/aromatic N) is 2. The van der Waals surface area contributed by atoms with Gasteiger partial charge in [0.05, 0.1) is 12.8 Å². The van der Waals surface area contributed by atoms with E-state index in [-0.39, 0.29) is 17.6 Å². The molecule has 7 nitrogen and oxygen atoms in total. The third-order valence-corrected chi connectivity index (χ3v) is 4.67. The van der Waals surface area contributed by atoms with Gasteiger partial charge >= 0.3 is 0 Å². The molecule has 1 heterocycles. The maximum absolute atomic E-state index is 12.3. The lowest BCUT2D eigenvalue weighted by Gasteiger charge is -2.25. The maximum Gasteiger partial charge on any atom is 0.272 e. The quantitative estimate of drug-likeness (QED) is 0.703. The van der Waals surface area contributed by atoms with Crippen LogP contribution in [0.25, 0.3) is 0 Å². The zero-order valence-electron chi connectivity index (χ0n) is 12.2. The van der Waals surface area contributed by atoms with Crippen LogP contribution >= 0.6 is 0 Å². The molecule has 4 atom stereocenters. The summed E-state index contributed by atoms with van der Waals surface area (Å²) in [6.45, 7) is -0.446. The van der Waals surface area contributed by atoms with E-state index in [4.69, 9.17) is 0 Å². The standard InChI is InChI=1S/C15H20N4O3/c20-8-13(19-14(21)12-7-16-3-4-17-12)15(22)18-11-6-9-1-2-10(11)5-9/h3-4,7,9-11,13,20H,1-2,5-6,8H2,(H,18,22)(H,19,21). The van der Waals surface area contributed by atoms with Gasteiger partial charge in [-0.05, 0) is 31.1 Å². The summed E-state index contributed by atoms with van der Waals surface area (Å²) in [5.41, 5.74) is 0.119. The molecule has 2 aliphatic carbocycles. The number of amides is 2. The zero-order chi connectivity index (χ0) is 15.5. The fourth-order valence-corrected chi connectivity index (χ4v) is 3.55. The molecule has 1 aromatic heterocycles. The monoisotopic (exact) mass is 304 g/mol. The maximum atomic E-state index is 12.3. The minimum Gasteiger partial charge on any atom is -0.394 e. The van der Waals surface area contributed by atoms with Gasteiger partial charge in [0.1, 0.15) is 11.7 Å². The normalized spacial score (nSPS) is 27.4. The van der Waals surface area contributed by atoms with E-state index in [9.17, 15) is 14.7 Å². The van der Waals surface area contributed by atoms with E-state index in [0.29, 0.717) is 5.92 Å². The van der Waals surface area contributed by atoms with Crippen molar-refractivity contribution in [3.8, 4) is 0 Å². The highest BCUT2D eigenvalue weighted by Gasteiger charge is 2.40. The first-order valence-electron chi connectivity index (χ1n) is 7.65. The SMILES string of the molecule is O=C(NC(CO)C(=O)NC1CC2CCC1C2)c1cnccn1. The minimum atomic E-state index is -0.964. The number of rotatable bonds is 5. The molecule has 4 unspecified atom stereocenters. The molecule has 118 valence electrons. The largest absolute Gasteiger partial charge is 0.394 e. The summed E-state index contributed by atoms with van der Waals surface area (Å²) in [6.07, 6.45) is 8.78. The van der Waals surface area contributed by atoms with Crippen LogP contribution in [-0.2, 0) is 4.79 Å². The average Bonchev–Trinajstić information content (AvgIpc) is 3.15. The third-order valence-electron chi connectivity index (χ3n) is 4.67. The van der Waals surface area contributed by atoms with E-state index in [2.05, 4.69) is 20.6 Å². The molecule has 0 aliphatic heterocycles. The van der Waals surface area contributed by atoms with Crippen LogP contribution in [0.1, 0.15) is 36.2 Å². The molecule has 0 radical (unpaired) electrons. The van der Waals surface area contributed by atoms with E-state index in [1.807, 2.05) is 0 Å². The molecule has 7 heteroatoms. The Morgan fingerprint density at radius 2 is 2.18 bits per heavy atom. The van der Waals surface area contributed by atoms with Gasteiger partial charge in [0.2, 0.25) is 5.91 Å².